The summed E-state index contributed by atoms with van der Waals surface area (Å²) in [4.78, 5) is 2.53. The molecule has 0 aliphatic heterocycles. The zero-order chi connectivity index (χ0) is 47.7. The van der Waals surface area contributed by atoms with Crippen molar-refractivity contribution in [3.8, 4) is 39.1 Å². The Morgan fingerprint density at radius 1 is 0.417 bits per heavy atom. The molecule has 2 aliphatic rings. The van der Waals surface area contributed by atoms with E-state index in [1.807, 2.05) is 0 Å². The maximum Gasteiger partial charge on any atom is 0.0620 e. The van der Waals surface area contributed by atoms with Gasteiger partial charge in [0.05, 0.1) is 33.6 Å². The first-order valence-corrected chi connectivity index (χ1v) is 25.4. The normalized spacial score (nSPS) is 15.0. The number of anilines is 2. The van der Waals surface area contributed by atoms with Crippen LogP contribution < -0.4 is 4.90 Å². The smallest absolute Gasteiger partial charge is 0.0620 e. The van der Waals surface area contributed by atoms with Gasteiger partial charge in [-0.2, -0.15) is 0 Å². The number of hydrogen-bond donors (Lipinski definition) is 0. The highest BCUT2D eigenvalue weighted by Gasteiger charge is 2.35. The van der Waals surface area contributed by atoms with Crippen LogP contribution in [0.4, 0.5) is 11.4 Å². The van der Waals surface area contributed by atoms with Crippen molar-refractivity contribution in [3.05, 3.63) is 259 Å². The van der Waals surface area contributed by atoms with Gasteiger partial charge in [-0.25, -0.2) is 0 Å². The maximum absolute atomic E-state index is 2.53. The molecule has 72 heavy (non-hydrogen) atoms. The highest BCUT2D eigenvalue weighted by Crippen LogP contribution is 2.50. The maximum atomic E-state index is 2.53. The van der Waals surface area contributed by atoms with Crippen molar-refractivity contribution in [2.45, 2.75) is 31.7 Å². The second-order valence-corrected chi connectivity index (χ2v) is 20.4. The molecule has 13 aromatic rings. The van der Waals surface area contributed by atoms with Gasteiger partial charge in [0, 0.05) is 54.8 Å². The number of para-hydroxylation sites is 4. The predicted octanol–water partition coefficient (Wildman–Crippen LogP) is 18.1. The number of nitrogens with zero attached hydrogens (tertiary/aromatic N) is 3. The van der Waals surface area contributed by atoms with Gasteiger partial charge in [0.1, 0.15) is 0 Å². The lowest BCUT2D eigenvalue weighted by molar-refractivity contribution is 0.660. The number of rotatable bonds is 7. The van der Waals surface area contributed by atoms with Gasteiger partial charge in [0.2, 0.25) is 0 Å². The van der Waals surface area contributed by atoms with Gasteiger partial charge < -0.3 is 13.9 Å². The summed E-state index contributed by atoms with van der Waals surface area (Å²) >= 11 is 0. The Kier molecular flexibility index (Phi) is 8.83. The second-order valence-electron chi connectivity index (χ2n) is 20.4. The van der Waals surface area contributed by atoms with Crippen LogP contribution in [0.15, 0.2) is 243 Å². The Morgan fingerprint density at radius 2 is 0.903 bits per heavy atom. The van der Waals surface area contributed by atoms with Crippen LogP contribution >= 0.6 is 0 Å². The Bertz CT molecular complexity index is 4230. The average Bonchev–Trinajstić information content (AvgIpc) is 4.14. The molecule has 0 N–H and O–H groups in total. The minimum Gasteiger partial charge on any atom is -0.334 e. The summed E-state index contributed by atoms with van der Waals surface area (Å²) in [6, 6.07) is 83.6. The molecule has 2 aliphatic carbocycles. The lowest BCUT2D eigenvalue weighted by Crippen LogP contribution is -2.30. The van der Waals surface area contributed by atoms with E-state index in [4.69, 9.17) is 0 Å². The van der Waals surface area contributed by atoms with Crippen LogP contribution in [0.25, 0.3) is 105 Å². The SMILES string of the molecule is CC1(C)c2ccccc2-c2ccc(-c3ccc(N(c4ccc(-c5cc6c7ccccc7n7c8ccccc8c(c5)c67)cc4)C4C=CC(c5ccc(-n6c7ccccc7c7ccccc76)cc5)=CC4)cc3)cc21. The first-order valence-electron chi connectivity index (χ1n) is 25.4. The lowest BCUT2D eigenvalue weighted by atomic mass is 9.81. The highest BCUT2D eigenvalue weighted by atomic mass is 15.2. The van der Waals surface area contributed by atoms with Gasteiger partial charge in [0.25, 0.3) is 0 Å². The Labute approximate surface area is 418 Å². The van der Waals surface area contributed by atoms with Gasteiger partial charge in [0.15, 0.2) is 0 Å². The number of fused-ring (bicyclic) bond motifs is 12. The minimum absolute atomic E-state index is 0.0498. The predicted molar refractivity (Wildman–Crippen MR) is 304 cm³/mol. The van der Waals surface area contributed by atoms with Gasteiger partial charge in [-0.05, 0) is 141 Å². The molecule has 10 aromatic carbocycles. The van der Waals surface area contributed by atoms with Crippen molar-refractivity contribution >= 4 is 76.8 Å². The molecule has 1 unspecified atom stereocenters. The van der Waals surface area contributed by atoms with Gasteiger partial charge in [-0.3, -0.25) is 0 Å². The molecule has 0 amide bonds. The van der Waals surface area contributed by atoms with E-state index in [2.05, 4.69) is 270 Å². The zero-order valence-corrected chi connectivity index (χ0v) is 40.2. The fourth-order valence-corrected chi connectivity index (χ4v) is 12.7. The molecular weight excluding hydrogens is 871 g/mol. The van der Waals surface area contributed by atoms with E-state index in [0.29, 0.717) is 0 Å². The van der Waals surface area contributed by atoms with Crippen LogP contribution in [0.1, 0.15) is 37.0 Å². The van der Waals surface area contributed by atoms with E-state index >= 15 is 0 Å². The zero-order valence-electron chi connectivity index (χ0n) is 40.2. The van der Waals surface area contributed by atoms with E-state index in [1.165, 1.54) is 127 Å². The highest BCUT2D eigenvalue weighted by molar-refractivity contribution is 6.24. The van der Waals surface area contributed by atoms with Crippen LogP contribution in [0.3, 0.4) is 0 Å². The van der Waals surface area contributed by atoms with Crippen LogP contribution in [0.5, 0.6) is 0 Å². The number of benzene rings is 10. The van der Waals surface area contributed by atoms with Crippen molar-refractivity contribution in [1.82, 2.24) is 8.97 Å². The lowest BCUT2D eigenvalue weighted by Gasteiger charge is -2.33. The van der Waals surface area contributed by atoms with Crippen molar-refractivity contribution in [2.24, 2.45) is 0 Å². The number of aromatic nitrogens is 2. The third-order valence-corrected chi connectivity index (χ3v) is 16.2. The molecule has 0 radical (unpaired) electrons. The third-order valence-electron chi connectivity index (χ3n) is 16.2. The largest absolute Gasteiger partial charge is 0.334 e. The fourth-order valence-electron chi connectivity index (χ4n) is 12.7. The van der Waals surface area contributed by atoms with Gasteiger partial charge in [-0.1, -0.05) is 178 Å². The van der Waals surface area contributed by atoms with E-state index in [-0.39, 0.29) is 11.5 Å². The van der Waals surface area contributed by atoms with Crippen LogP contribution in [-0.2, 0) is 5.41 Å². The van der Waals surface area contributed by atoms with Crippen LogP contribution in [0, 0.1) is 0 Å². The molecule has 1 atom stereocenters. The summed E-state index contributed by atoms with van der Waals surface area (Å²) in [6.07, 6.45) is 8.03. The van der Waals surface area contributed by atoms with Gasteiger partial charge in [-0.15, -0.1) is 0 Å². The van der Waals surface area contributed by atoms with E-state index in [9.17, 15) is 0 Å². The fraction of sp³-hybridized carbons (Fsp3) is 0.0725. The molecule has 0 fully saturated rings. The second kappa shape index (κ2) is 15.5. The van der Waals surface area contributed by atoms with E-state index in [1.54, 1.807) is 0 Å². The molecule has 15 rings (SSSR count). The summed E-state index contributed by atoms with van der Waals surface area (Å²) in [5.41, 5.74) is 22.6. The van der Waals surface area contributed by atoms with Crippen molar-refractivity contribution in [1.29, 1.82) is 0 Å². The first-order chi connectivity index (χ1) is 35.5. The molecule has 0 bridgehead atoms. The summed E-state index contributed by atoms with van der Waals surface area (Å²) in [6.45, 7) is 4.72. The summed E-state index contributed by atoms with van der Waals surface area (Å²) in [7, 11) is 0. The third kappa shape index (κ3) is 6.04. The van der Waals surface area contributed by atoms with Crippen molar-refractivity contribution in [2.75, 3.05) is 4.90 Å². The molecule has 3 heterocycles. The average molecular weight is 920 g/mol. The minimum atomic E-state index is -0.0498. The Hall–Kier alpha value is -8.92. The van der Waals surface area contributed by atoms with Crippen molar-refractivity contribution < 1.29 is 0 Å². The number of hydrogen-bond acceptors (Lipinski definition) is 1. The molecule has 0 saturated heterocycles. The molecule has 0 saturated carbocycles. The Morgan fingerprint density at radius 3 is 1.49 bits per heavy atom. The van der Waals surface area contributed by atoms with E-state index in [0.717, 1.165) is 12.1 Å². The summed E-state index contributed by atoms with van der Waals surface area (Å²) < 4.78 is 4.84. The summed E-state index contributed by atoms with van der Waals surface area (Å²) in [5, 5.41) is 7.74. The molecular formula is C69H49N3. The number of allylic oxidation sites excluding steroid dienone is 2. The quantitative estimate of drug-likeness (QED) is 0.155. The topological polar surface area (TPSA) is 12.6 Å². The molecule has 3 nitrogen and oxygen atoms in total. The van der Waals surface area contributed by atoms with Crippen LogP contribution in [0.2, 0.25) is 0 Å². The first kappa shape index (κ1) is 40.9. The van der Waals surface area contributed by atoms with Crippen molar-refractivity contribution in [3.63, 3.8) is 0 Å². The Balaban J connectivity index is 0.783. The molecule has 340 valence electrons. The molecule has 0 spiro atoms. The summed E-state index contributed by atoms with van der Waals surface area (Å²) in [5.74, 6) is 0. The molecule has 3 aromatic heterocycles. The van der Waals surface area contributed by atoms with Gasteiger partial charge >= 0.3 is 0 Å². The molecule has 3 heteroatoms. The van der Waals surface area contributed by atoms with Crippen LogP contribution in [-0.4, -0.2) is 15.0 Å². The van der Waals surface area contributed by atoms with E-state index < -0.39 is 0 Å². The monoisotopic (exact) mass is 919 g/mol. The standard InChI is InChI=1S/C69H49N3/c1-69(2)62-18-8-3-13-54(62)55-40-31-48(43-63(55)69)46-27-34-51(35-28-46)70(50-32-23-44(24-33-50)45-25-38-53(39-26-45)71-64-19-9-4-14-56(64)57-15-5-10-20-65(57)71)52-36-29-47(30-37-52)49-41-60-58-16-6-11-21-66(58)72-67-22-12-7-17-59(67)61(42-49)68(60)72/h3-32,34-43,50H,33H2,1-2H3.